The Balaban J connectivity index is 1.75. The van der Waals surface area contributed by atoms with Crippen LogP contribution in [0.5, 0.6) is 0 Å². The molecule has 0 saturated heterocycles. The molecular weight excluding hydrogens is 162 g/mol. The van der Waals surface area contributed by atoms with Crippen LogP contribution in [-0.4, -0.2) is 25.8 Å². The van der Waals surface area contributed by atoms with Gasteiger partial charge in [-0.3, -0.25) is 0 Å². The quantitative estimate of drug-likeness (QED) is 0.459. The molecule has 1 saturated carbocycles. The Labute approximate surface area is 81.4 Å². The van der Waals surface area contributed by atoms with E-state index in [9.17, 15) is 0 Å². The summed E-state index contributed by atoms with van der Waals surface area (Å²) in [4.78, 5) is 0. The first kappa shape index (κ1) is 10.7. The standard InChI is InChI=1S/C11H21NO/c1-2-9-13-10-5-3-4-8-12-11-6-7-11/h3,5,11-12H,2,4,6-10H2,1H3. The average Bonchev–Trinajstić information content (AvgIpc) is 2.93. The zero-order valence-corrected chi connectivity index (χ0v) is 8.59. The van der Waals surface area contributed by atoms with Gasteiger partial charge in [-0.1, -0.05) is 19.1 Å². The Morgan fingerprint density at radius 2 is 2.23 bits per heavy atom. The Kier molecular flexibility index (Phi) is 5.87. The molecule has 0 spiro atoms. The summed E-state index contributed by atoms with van der Waals surface area (Å²) >= 11 is 0. The van der Waals surface area contributed by atoms with E-state index in [1.165, 1.54) is 12.8 Å². The Morgan fingerprint density at radius 1 is 1.38 bits per heavy atom. The summed E-state index contributed by atoms with van der Waals surface area (Å²) in [7, 11) is 0. The highest BCUT2D eigenvalue weighted by Gasteiger charge is 2.19. The maximum Gasteiger partial charge on any atom is 0.0647 e. The monoisotopic (exact) mass is 183 g/mol. The van der Waals surface area contributed by atoms with Crippen molar-refractivity contribution in [2.45, 2.75) is 38.6 Å². The Morgan fingerprint density at radius 3 is 2.92 bits per heavy atom. The number of rotatable bonds is 8. The predicted molar refractivity (Wildman–Crippen MR) is 55.9 cm³/mol. The van der Waals surface area contributed by atoms with Gasteiger partial charge >= 0.3 is 0 Å². The first-order chi connectivity index (χ1) is 6.43. The first-order valence-electron chi connectivity index (χ1n) is 5.39. The maximum absolute atomic E-state index is 5.32. The number of hydrogen-bond donors (Lipinski definition) is 1. The van der Waals surface area contributed by atoms with Crippen molar-refractivity contribution in [3.05, 3.63) is 12.2 Å². The van der Waals surface area contributed by atoms with E-state index in [1.807, 2.05) is 0 Å². The Hall–Kier alpha value is -0.340. The van der Waals surface area contributed by atoms with Crippen molar-refractivity contribution in [3.8, 4) is 0 Å². The van der Waals surface area contributed by atoms with Gasteiger partial charge < -0.3 is 10.1 Å². The number of nitrogens with one attached hydrogen (secondary N) is 1. The van der Waals surface area contributed by atoms with Crippen molar-refractivity contribution in [3.63, 3.8) is 0 Å². The summed E-state index contributed by atoms with van der Waals surface area (Å²) in [6.45, 7) is 4.90. The van der Waals surface area contributed by atoms with Gasteiger partial charge in [0.05, 0.1) is 6.61 Å². The molecule has 0 aromatic carbocycles. The second-order valence-electron chi connectivity index (χ2n) is 3.56. The summed E-state index contributed by atoms with van der Waals surface area (Å²) < 4.78 is 5.32. The molecule has 0 atom stereocenters. The van der Waals surface area contributed by atoms with Gasteiger partial charge in [-0.2, -0.15) is 0 Å². The molecular formula is C11H21NO. The fraction of sp³-hybridized carbons (Fsp3) is 0.818. The first-order valence-corrected chi connectivity index (χ1v) is 5.39. The van der Waals surface area contributed by atoms with Gasteiger partial charge in [0.1, 0.15) is 0 Å². The van der Waals surface area contributed by atoms with Gasteiger partial charge in [0.2, 0.25) is 0 Å². The van der Waals surface area contributed by atoms with Crippen molar-refractivity contribution < 1.29 is 4.74 Å². The largest absolute Gasteiger partial charge is 0.377 e. The van der Waals surface area contributed by atoms with E-state index < -0.39 is 0 Å². The van der Waals surface area contributed by atoms with Crippen LogP contribution < -0.4 is 5.32 Å². The molecule has 1 N–H and O–H groups in total. The molecule has 0 heterocycles. The van der Waals surface area contributed by atoms with Crippen LogP contribution in [0, 0.1) is 0 Å². The van der Waals surface area contributed by atoms with E-state index in [0.29, 0.717) is 0 Å². The third kappa shape index (κ3) is 6.79. The molecule has 76 valence electrons. The molecule has 0 amide bonds. The molecule has 0 radical (unpaired) electrons. The van der Waals surface area contributed by atoms with Crippen LogP contribution in [0.3, 0.4) is 0 Å². The summed E-state index contributed by atoms with van der Waals surface area (Å²) in [5.41, 5.74) is 0. The normalized spacial score (nSPS) is 17.0. The van der Waals surface area contributed by atoms with Crippen LogP contribution in [-0.2, 0) is 4.74 Å². The van der Waals surface area contributed by atoms with Crippen LogP contribution >= 0.6 is 0 Å². The van der Waals surface area contributed by atoms with Crippen molar-refractivity contribution in [1.82, 2.24) is 5.32 Å². The summed E-state index contributed by atoms with van der Waals surface area (Å²) in [5, 5.41) is 3.47. The topological polar surface area (TPSA) is 21.3 Å². The zero-order chi connectivity index (χ0) is 9.36. The third-order valence-corrected chi connectivity index (χ3v) is 2.05. The molecule has 0 aliphatic heterocycles. The van der Waals surface area contributed by atoms with Crippen molar-refractivity contribution >= 4 is 0 Å². The highest BCUT2D eigenvalue weighted by atomic mass is 16.5. The minimum Gasteiger partial charge on any atom is -0.377 e. The molecule has 1 rings (SSSR count). The molecule has 2 heteroatoms. The minimum atomic E-state index is 0.775. The second-order valence-corrected chi connectivity index (χ2v) is 3.56. The van der Waals surface area contributed by atoms with E-state index >= 15 is 0 Å². The van der Waals surface area contributed by atoms with Crippen LogP contribution in [0.4, 0.5) is 0 Å². The van der Waals surface area contributed by atoms with Crippen LogP contribution in [0.25, 0.3) is 0 Å². The average molecular weight is 183 g/mol. The van der Waals surface area contributed by atoms with Crippen LogP contribution in [0.15, 0.2) is 12.2 Å². The smallest absolute Gasteiger partial charge is 0.0647 e. The lowest BCUT2D eigenvalue weighted by atomic mass is 10.3. The van der Waals surface area contributed by atoms with Gasteiger partial charge in [-0.25, -0.2) is 0 Å². The van der Waals surface area contributed by atoms with Crippen LogP contribution in [0.1, 0.15) is 32.6 Å². The van der Waals surface area contributed by atoms with Gasteiger partial charge in [0, 0.05) is 12.6 Å². The highest BCUT2D eigenvalue weighted by Crippen LogP contribution is 2.18. The summed E-state index contributed by atoms with van der Waals surface area (Å²) in [5.74, 6) is 0. The second kappa shape index (κ2) is 7.10. The van der Waals surface area contributed by atoms with Crippen molar-refractivity contribution in [1.29, 1.82) is 0 Å². The van der Waals surface area contributed by atoms with Crippen LogP contribution in [0.2, 0.25) is 0 Å². The summed E-state index contributed by atoms with van der Waals surface area (Å²) in [6.07, 6.45) is 9.31. The van der Waals surface area contributed by atoms with Gasteiger partial charge in [0.15, 0.2) is 0 Å². The molecule has 0 unspecified atom stereocenters. The van der Waals surface area contributed by atoms with E-state index in [-0.39, 0.29) is 0 Å². The molecule has 0 aromatic heterocycles. The molecule has 0 aromatic rings. The molecule has 2 nitrogen and oxygen atoms in total. The Bertz CT molecular complexity index is 141. The van der Waals surface area contributed by atoms with Crippen molar-refractivity contribution in [2.24, 2.45) is 0 Å². The SMILES string of the molecule is CCCOCC=CCCNC1CC1. The molecule has 13 heavy (non-hydrogen) atoms. The van der Waals surface area contributed by atoms with E-state index in [4.69, 9.17) is 4.74 Å². The fourth-order valence-corrected chi connectivity index (χ4v) is 1.14. The molecule has 1 aliphatic carbocycles. The van der Waals surface area contributed by atoms with Crippen molar-refractivity contribution in [2.75, 3.05) is 19.8 Å². The highest BCUT2D eigenvalue weighted by molar-refractivity contribution is 4.85. The van der Waals surface area contributed by atoms with E-state index in [2.05, 4.69) is 24.4 Å². The fourth-order valence-electron chi connectivity index (χ4n) is 1.14. The zero-order valence-electron chi connectivity index (χ0n) is 8.59. The number of ether oxygens (including phenoxy) is 1. The van der Waals surface area contributed by atoms with E-state index in [0.717, 1.165) is 38.6 Å². The third-order valence-electron chi connectivity index (χ3n) is 2.05. The summed E-state index contributed by atoms with van der Waals surface area (Å²) in [6, 6.07) is 0.838. The predicted octanol–water partition coefficient (Wildman–Crippen LogP) is 2.11. The maximum atomic E-state index is 5.32. The molecule has 1 aliphatic rings. The minimum absolute atomic E-state index is 0.775. The molecule has 1 fully saturated rings. The lowest BCUT2D eigenvalue weighted by molar-refractivity contribution is 0.163. The van der Waals surface area contributed by atoms with Gasteiger partial charge in [-0.15, -0.1) is 0 Å². The van der Waals surface area contributed by atoms with Gasteiger partial charge in [0.25, 0.3) is 0 Å². The lowest BCUT2D eigenvalue weighted by Gasteiger charge is -1.98. The van der Waals surface area contributed by atoms with E-state index in [1.54, 1.807) is 0 Å². The van der Waals surface area contributed by atoms with Gasteiger partial charge in [-0.05, 0) is 32.2 Å². The molecule has 0 bridgehead atoms. The lowest BCUT2D eigenvalue weighted by Crippen LogP contribution is -2.16. The number of hydrogen-bond acceptors (Lipinski definition) is 2.